The molecule has 0 atom stereocenters. The Morgan fingerprint density at radius 3 is 2.00 bits per heavy atom. The lowest BCUT2D eigenvalue weighted by molar-refractivity contribution is 0.453. The lowest BCUT2D eigenvalue weighted by Crippen LogP contribution is -2.43. The van der Waals surface area contributed by atoms with Crippen LogP contribution >= 0.6 is 0 Å². The monoisotopic (exact) mass is 198 g/mol. The highest BCUT2D eigenvalue weighted by molar-refractivity contribution is 5.69. The van der Waals surface area contributed by atoms with Crippen molar-refractivity contribution < 1.29 is 0 Å². The third-order valence-corrected chi connectivity index (χ3v) is 1.74. The van der Waals surface area contributed by atoms with Gasteiger partial charge in [-0.25, -0.2) is 0 Å². The highest BCUT2D eigenvalue weighted by atomic mass is 15.0. The highest BCUT2D eigenvalue weighted by Gasteiger charge is 2.15. The number of hydrogen-bond donors (Lipinski definition) is 1. The number of rotatable bonds is 4. The SMILES string of the molecule is CC(C)CNC(C)(C)/C=N/C(C)(C)C. The summed E-state index contributed by atoms with van der Waals surface area (Å²) in [5.41, 5.74) is 0.0222. The topological polar surface area (TPSA) is 24.4 Å². The van der Waals surface area contributed by atoms with Crippen LogP contribution in [0.15, 0.2) is 4.99 Å². The van der Waals surface area contributed by atoms with E-state index < -0.39 is 0 Å². The maximum absolute atomic E-state index is 4.52. The molecule has 0 aliphatic carbocycles. The first-order chi connectivity index (χ1) is 6.12. The molecule has 0 aliphatic rings. The Labute approximate surface area is 89.2 Å². The molecule has 0 unspecified atom stereocenters. The Morgan fingerprint density at radius 1 is 1.14 bits per heavy atom. The van der Waals surface area contributed by atoms with Crippen LogP contribution in [0.2, 0.25) is 0 Å². The van der Waals surface area contributed by atoms with Crippen LogP contribution in [0.25, 0.3) is 0 Å². The second kappa shape index (κ2) is 4.92. The minimum Gasteiger partial charge on any atom is -0.307 e. The second-order valence-corrected chi connectivity index (χ2v) is 5.93. The molecule has 0 spiro atoms. The molecule has 0 rings (SSSR count). The molecule has 0 amide bonds. The van der Waals surface area contributed by atoms with E-state index in [0.717, 1.165) is 6.54 Å². The van der Waals surface area contributed by atoms with Crippen molar-refractivity contribution in [3.8, 4) is 0 Å². The zero-order valence-corrected chi connectivity index (χ0v) is 10.8. The van der Waals surface area contributed by atoms with E-state index >= 15 is 0 Å². The molecule has 0 aromatic rings. The van der Waals surface area contributed by atoms with Crippen molar-refractivity contribution in [3.63, 3.8) is 0 Å². The summed E-state index contributed by atoms with van der Waals surface area (Å²) in [6, 6.07) is 0. The Balaban J connectivity index is 4.13. The van der Waals surface area contributed by atoms with E-state index in [-0.39, 0.29) is 11.1 Å². The third-order valence-electron chi connectivity index (χ3n) is 1.74. The Kier molecular flexibility index (Phi) is 4.79. The first-order valence-corrected chi connectivity index (χ1v) is 5.44. The van der Waals surface area contributed by atoms with Crippen LogP contribution in [-0.4, -0.2) is 23.8 Å². The van der Waals surface area contributed by atoms with Gasteiger partial charge in [0.1, 0.15) is 0 Å². The summed E-state index contributed by atoms with van der Waals surface area (Å²) in [7, 11) is 0. The Morgan fingerprint density at radius 2 is 1.64 bits per heavy atom. The molecular formula is C12H26N2. The molecule has 0 aromatic heterocycles. The van der Waals surface area contributed by atoms with Gasteiger partial charge in [0, 0.05) is 11.8 Å². The van der Waals surface area contributed by atoms with Gasteiger partial charge in [-0.15, -0.1) is 0 Å². The number of nitrogens with one attached hydrogen (secondary N) is 1. The van der Waals surface area contributed by atoms with Crippen molar-refractivity contribution >= 4 is 6.21 Å². The van der Waals surface area contributed by atoms with E-state index in [2.05, 4.69) is 58.8 Å². The molecular weight excluding hydrogens is 172 g/mol. The zero-order valence-electron chi connectivity index (χ0n) is 10.8. The summed E-state index contributed by atoms with van der Waals surface area (Å²) >= 11 is 0. The van der Waals surface area contributed by atoms with Crippen LogP contribution in [0.1, 0.15) is 48.5 Å². The largest absolute Gasteiger partial charge is 0.307 e. The fourth-order valence-corrected chi connectivity index (χ4v) is 0.868. The Bertz CT molecular complexity index is 185. The van der Waals surface area contributed by atoms with Gasteiger partial charge in [0.2, 0.25) is 0 Å². The van der Waals surface area contributed by atoms with E-state index in [1.54, 1.807) is 0 Å². The van der Waals surface area contributed by atoms with E-state index in [1.165, 1.54) is 0 Å². The maximum atomic E-state index is 4.52. The summed E-state index contributed by atoms with van der Waals surface area (Å²) in [5.74, 6) is 0.678. The summed E-state index contributed by atoms with van der Waals surface area (Å²) in [5, 5.41) is 3.48. The molecule has 0 saturated carbocycles. The van der Waals surface area contributed by atoms with Crippen LogP contribution in [0.5, 0.6) is 0 Å². The summed E-state index contributed by atoms with van der Waals surface area (Å²) in [6.07, 6.45) is 2.02. The van der Waals surface area contributed by atoms with Gasteiger partial charge in [0.15, 0.2) is 0 Å². The van der Waals surface area contributed by atoms with Crippen molar-refractivity contribution in [2.45, 2.75) is 59.5 Å². The molecule has 0 aromatic carbocycles. The lowest BCUT2D eigenvalue weighted by atomic mass is 10.0. The van der Waals surface area contributed by atoms with Gasteiger partial charge in [-0.05, 0) is 47.1 Å². The molecule has 0 bridgehead atoms. The summed E-state index contributed by atoms with van der Waals surface area (Å²) in [4.78, 5) is 4.52. The fourth-order valence-electron chi connectivity index (χ4n) is 0.868. The van der Waals surface area contributed by atoms with Crippen LogP contribution < -0.4 is 5.32 Å². The number of hydrogen-bond acceptors (Lipinski definition) is 2. The van der Waals surface area contributed by atoms with Gasteiger partial charge in [-0.2, -0.15) is 0 Å². The van der Waals surface area contributed by atoms with E-state index in [0.29, 0.717) is 5.92 Å². The molecule has 2 nitrogen and oxygen atoms in total. The van der Waals surface area contributed by atoms with Crippen molar-refractivity contribution in [2.75, 3.05) is 6.54 Å². The first-order valence-electron chi connectivity index (χ1n) is 5.44. The Hall–Kier alpha value is -0.370. The van der Waals surface area contributed by atoms with Gasteiger partial charge in [-0.1, -0.05) is 13.8 Å². The third kappa shape index (κ3) is 8.24. The summed E-state index contributed by atoms with van der Waals surface area (Å²) < 4.78 is 0. The number of nitrogens with zero attached hydrogens (tertiary/aromatic N) is 1. The van der Waals surface area contributed by atoms with E-state index in [4.69, 9.17) is 0 Å². The van der Waals surface area contributed by atoms with Gasteiger partial charge < -0.3 is 5.32 Å². The van der Waals surface area contributed by atoms with Crippen LogP contribution in [0.4, 0.5) is 0 Å². The first kappa shape index (κ1) is 13.6. The average molecular weight is 198 g/mol. The molecule has 0 radical (unpaired) electrons. The smallest absolute Gasteiger partial charge is 0.0521 e. The van der Waals surface area contributed by atoms with E-state index in [1.807, 2.05) is 6.21 Å². The predicted octanol–water partition coefficient (Wildman–Crippen LogP) is 2.88. The zero-order chi connectivity index (χ0) is 11.4. The molecule has 0 aliphatic heterocycles. The van der Waals surface area contributed by atoms with Gasteiger partial charge in [-0.3, -0.25) is 4.99 Å². The van der Waals surface area contributed by atoms with Gasteiger partial charge in [0.05, 0.1) is 5.54 Å². The van der Waals surface area contributed by atoms with Crippen LogP contribution in [0, 0.1) is 5.92 Å². The van der Waals surface area contributed by atoms with E-state index in [9.17, 15) is 0 Å². The van der Waals surface area contributed by atoms with Crippen LogP contribution in [-0.2, 0) is 0 Å². The molecule has 2 heteroatoms. The van der Waals surface area contributed by atoms with Gasteiger partial charge >= 0.3 is 0 Å². The van der Waals surface area contributed by atoms with Crippen molar-refractivity contribution in [1.82, 2.24) is 5.32 Å². The molecule has 1 N–H and O–H groups in total. The molecule has 14 heavy (non-hydrogen) atoms. The maximum Gasteiger partial charge on any atom is 0.0521 e. The number of aliphatic imine (C=N–C) groups is 1. The normalized spacial score (nSPS) is 14.3. The molecule has 0 heterocycles. The van der Waals surface area contributed by atoms with Gasteiger partial charge in [0.25, 0.3) is 0 Å². The van der Waals surface area contributed by atoms with Crippen molar-refractivity contribution in [1.29, 1.82) is 0 Å². The minimum absolute atomic E-state index is 0.00243. The molecule has 0 saturated heterocycles. The average Bonchev–Trinajstić information content (AvgIpc) is 1.97. The van der Waals surface area contributed by atoms with Crippen LogP contribution in [0.3, 0.4) is 0 Å². The standard InChI is InChI=1S/C12H26N2/c1-10(2)8-13-12(6,7)9-14-11(3,4)5/h9-10,13H,8H2,1-7H3/b14-9+. The van der Waals surface area contributed by atoms with Crippen molar-refractivity contribution in [3.05, 3.63) is 0 Å². The fraction of sp³-hybridized carbons (Fsp3) is 0.917. The highest BCUT2D eigenvalue weighted by Crippen LogP contribution is 2.08. The molecule has 84 valence electrons. The molecule has 0 fully saturated rings. The quantitative estimate of drug-likeness (QED) is 0.690. The van der Waals surface area contributed by atoms with Crippen molar-refractivity contribution in [2.24, 2.45) is 10.9 Å². The second-order valence-electron chi connectivity index (χ2n) is 5.93. The summed E-state index contributed by atoms with van der Waals surface area (Å²) in [6.45, 7) is 16.1. The predicted molar refractivity (Wildman–Crippen MR) is 65.2 cm³/mol. The minimum atomic E-state index is -0.00243. The lowest BCUT2D eigenvalue weighted by Gasteiger charge is -2.24.